The van der Waals surface area contributed by atoms with E-state index in [1.54, 1.807) is 0 Å². The van der Waals surface area contributed by atoms with Gasteiger partial charge in [0.1, 0.15) is 0 Å². The van der Waals surface area contributed by atoms with Gasteiger partial charge in [-0.25, -0.2) is 0 Å². The minimum atomic E-state index is -2.18. The standard InChI is InChI=1S/C7H15Cl3Se/c1-7(2,3)6(8)5-11(4,9)10/h6H,5H2,1-4H3. The normalized spacial score (nSPS) is 18.1. The average molecular weight is 285 g/mol. The maximum atomic E-state index is 6.11. The summed E-state index contributed by atoms with van der Waals surface area (Å²) in [6.45, 7) is 6.30. The van der Waals surface area contributed by atoms with Crippen molar-refractivity contribution in [3.05, 3.63) is 0 Å². The summed E-state index contributed by atoms with van der Waals surface area (Å²) in [5, 5.41) is 0.854. The number of hydrogen-bond acceptors (Lipinski definition) is 0. The van der Waals surface area contributed by atoms with Crippen molar-refractivity contribution in [1.82, 2.24) is 0 Å². The van der Waals surface area contributed by atoms with Gasteiger partial charge in [0.15, 0.2) is 0 Å². The average Bonchev–Trinajstić information content (AvgIpc) is 1.56. The van der Waals surface area contributed by atoms with Gasteiger partial charge in [-0.2, -0.15) is 0 Å². The van der Waals surface area contributed by atoms with Crippen molar-refractivity contribution in [2.45, 2.75) is 37.3 Å². The third-order valence-corrected chi connectivity index (χ3v) is 5.84. The molecule has 0 radical (unpaired) electrons. The van der Waals surface area contributed by atoms with Gasteiger partial charge in [-0.15, -0.1) is 0 Å². The Morgan fingerprint density at radius 2 is 1.64 bits per heavy atom. The Morgan fingerprint density at radius 1 is 1.27 bits per heavy atom. The summed E-state index contributed by atoms with van der Waals surface area (Å²) >= 11 is 3.93. The van der Waals surface area contributed by atoms with Crippen LogP contribution in [0.2, 0.25) is 11.1 Å². The quantitative estimate of drug-likeness (QED) is 0.527. The Bertz CT molecular complexity index is 123. The van der Waals surface area contributed by atoms with Crippen molar-refractivity contribution in [2.75, 3.05) is 0 Å². The Kier molecular flexibility index (Phi) is 4.58. The third kappa shape index (κ3) is 6.54. The third-order valence-electron chi connectivity index (χ3n) is 1.38. The Balaban J connectivity index is 3.99. The van der Waals surface area contributed by atoms with E-state index in [2.05, 4.69) is 20.8 Å². The van der Waals surface area contributed by atoms with Crippen LogP contribution in [0, 0.1) is 5.41 Å². The van der Waals surface area contributed by atoms with Crippen LogP contribution in [0.1, 0.15) is 20.8 Å². The zero-order valence-electron chi connectivity index (χ0n) is 7.33. The van der Waals surface area contributed by atoms with E-state index < -0.39 is 11.0 Å². The van der Waals surface area contributed by atoms with Crippen LogP contribution in [-0.4, -0.2) is 16.4 Å². The molecule has 0 aromatic heterocycles. The molecule has 0 rings (SSSR count). The monoisotopic (exact) mass is 284 g/mol. The number of halogens is 3. The molecule has 0 nitrogen and oxygen atoms in total. The van der Waals surface area contributed by atoms with Crippen molar-refractivity contribution in [1.29, 1.82) is 0 Å². The first-order chi connectivity index (χ1) is 4.63. The van der Waals surface area contributed by atoms with Crippen molar-refractivity contribution in [3.63, 3.8) is 0 Å². The van der Waals surface area contributed by atoms with E-state index in [1.807, 2.05) is 5.82 Å². The van der Waals surface area contributed by atoms with E-state index in [0.29, 0.717) is 0 Å². The molecule has 0 aliphatic heterocycles. The fourth-order valence-corrected chi connectivity index (χ4v) is 5.92. The molecule has 0 aromatic rings. The second-order valence-electron chi connectivity index (χ2n) is 3.87. The van der Waals surface area contributed by atoms with E-state index in [4.69, 9.17) is 31.8 Å². The summed E-state index contributed by atoms with van der Waals surface area (Å²) in [6, 6.07) is 0. The molecule has 0 saturated heterocycles. The molecule has 4 heteroatoms. The van der Waals surface area contributed by atoms with Gasteiger partial charge in [0, 0.05) is 0 Å². The van der Waals surface area contributed by atoms with Crippen LogP contribution < -0.4 is 0 Å². The van der Waals surface area contributed by atoms with Crippen LogP contribution in [0.5, 0.6) is 0 Å². The molecule has 0 heterocycles. The summed E-state index contributed by atoms with van der Waals surface area (Å²) in [4.78, 5) is 0. The number of rotatable bonds is 2. The fraction of sp³-hybridized carbons (Fsp3) is 1.00. The van der Waals surface area contributed by atoms with Gasteiger partial charge in [0.25, 0.3) is 0 Å². The zero-order chi connectivity index (χ0) is 9.28. The molecule has 0 fully saturated rings. The zero-order valence-corrected chi connectivity index (χ0v) is 11.3. The van der Waals surface area contributed by atoms with E-state index in [1.165, 1.54) is 0 Å². The summed E-state index contributed by atoms with van der Waals surface area (Å²) in [5.41, 5.74) is 0.101. The molecule has 70 valence electrons. The van der Waals surface area contributed by atoms with E-state index >= 15 is 0 Å². The van der Waals surface area contributed by atoms with Gasteiger partial charge in [0.2, 0.25) is 0 Å². The first-order valence-electron chi connectivity index (χ1n) is 3.42. The summed E-state index contributed by atoms with van der Waals surface area (Å²) in [7, 11) is 11.9. The Labute approximate surface area is 85.3 Å². The summed E-state index contributed by atoms with van der Waals surface area (Å²) in [6.07, 6.45) is 0. The second kappa shape index (κ2) is 4.07. The van der Waals surface area contributed by atoms with Gasteiger partial charge in [-0.3, -0.25) is 0 Å². The van der Waals surface area contributed by atoms with E-state index in [9.17, 15) is 0 Å². The van der Waals surface area contributed by atoms with Crippen molar-refractivity contribution < 1.29 is 0 Å². The van der Waals surface area contributed by atoms with Crippen LogP contribution in [0.4, 0.5) is 0 Å². The molecule has 0 N–H and O–H groups in total. The summed E-state index contributed by atoms with van der Waals surface area (Å²) in [5.74, 6) is 1.92. The first kappa shape index (κ1) is 12.4. The molecule has 0 aromatic carbocycles. The van der Waals surface area contributed by atoms with Crippen LogP contribution in [-0.2, 0) is 0 Å². The number of hydrogen-bond donors (Lipinski definition) is 0. The Morgan fingerprint density at radius 3 is 1.73 bits per heavy atom. The number of alkyl halides is 1. The molecule has 0 aliphatic rings. The minimum absolute atomic E-state index is 0.0856. The first-order valence-corrected chi connectivity index (χ1v) is 11.3. The fourth-order valence-electron chi connectivity index (χ4n) is 0.507. The molecular formula is C7H15Cl3Se. The van der Waals surface area contributed by atoms with Crippen LogP contribution in [0.15, 0.2) is 0 Å². The predicted molar refractivity (Wildman–Crippen MR) is 57.2 cm³/mol. The molecule has 0 bridgehead atoms. The van der Waals surface area contributed by atoms with Crippen molar-refractivity contribution in [2.24, 2.45) is 5.41 Å². The molecular weight excluding hydrogens is 269 g/mol. The molecule has 1 atom stereocenters. The topological polar surface area (TPSA) is 0 Å². The van der Waals surface area contributed by atoms with E-state index in [0.717, 1.165) is 5.32 Å². The van der Waals surface area contributed by atoms with Crippen molar-refractivity contribution in [3.8, 4) is 0 Å². The van der Waals surface area contributed by atoms with Gasteiger partial charge in [-0.05, 0) is 0 Å². The van der Waals surface area contributed by atoms with Gasteiger partial charge < -0.3 is 0 Å². The Hall–Kier alpha value is 1.39. The van der Waals surface area contributed by atoms with Gasteiger partial charge in [0.05, 0.1) is 0 Å². The predicted octanol–water partition coefficient (Wildman–Crippen LogP) is 4.19. The molecule has 0 amide bonds. The molecule has 0 saturated carbocycles. The van der Waals surface area contributed by atoms with Crippen LogP contribution in [0.25, 0.3) is 0 Å². The van der Waals surface area contributed by atoms with E-state index in [-0.39, 0.29) is 10.8 Å². The molecule has 0 spiro atoms. The van der Waals surface area contributed by atoms with Gasteiger partial charge >= 0.3 is 85.5 Å². The van der Waals surface area contributed by atoms with Crippen molar-refractivity contribution >= 4 is 42.8 Å². The second-order valence-corrected chi connectivity index (χ2v) is 16.7. The molecule has 11 heavy (non-hydrogen) atoms. The van der Waals surface area contributed by atoms with Crippen LogP contribution in [0.3, 0.4) is 0 Å². The molecule has 1 unspecified atom stereocenters. The molecule has 0 aliphatic carbocycles. The van der Waals surface area contributed by atoms with Crippen LogP contribution >= 0.6 is 31.8 Å². The SMILES string of the molecule is CC(C)(C)C(Cl)C[Se](C)(Cl)Cl. The van der Waals surface area contributed by atoms with Gasteiger partial charge in [-0.1, -0.05) is 0 Å². The maximum absolute atomic E-state index is 6.11. The summed E-state index contributed by atoms with van der Waals surface area (Å²) < 4.78 is 0.